The van der Waals surface area contributed by atoms with Crippen LogP contribution < -0.4 is 9.47 Å². The Hall–Kier alpha value is -2.42. The molecule has 0 unspecified atom stereocenters. The highest BCUT2D eigenvalue weighted by Crippen LogP contribution is 2.30. The summed E-state index contributed by atoms with van der Waals surface area (Å²) in [7, 11) is 1.69. The number of ether oxygens (including phenoxy) is 2. The summed E-state index contributed by atoms with van der Waals surface area (Å²) in [5, 5.41) is 1.17. The molecule has 0 bridgehead atoms. The van der Waals surface area contributed by atoms with Crippen LogP contribution >= 0.6 is 0 Å². The minimum absolute atomic E-state index is 0.775. The number of rotatable bonds is 6. The maximum absolute atomic E-state index is 5.79. The molecule has 1 N–H and O–H groups in total. The molecule has 0 saturated carbocycles. The second-order valence-electron chi connectivity index (χ2n) is 5.81. The summed E-state index contributed by atoms with van der Waals surface area (Å²) < 4.78 is 11.1. The average molecular weight is 309 g/mol. The van der Waals surface area contributed by atoms with Crippen molar-refractivity contribution in [3.63, 3.8) is 0 Å². The van der Waals surface area contributed by atoms with Crippen molar-refractivity contribution in [2.24, 2.45) is 0 Å². The molecular formula is C20H23NO2. The number of hydrogen-bond acceptors (Lipinski definition) is 2. The number of H-pyrrole nitrogens is 1. The predicted molar refractivity (Wildman–Crippen MR) is 95.4 cm³/mol. The fraction of sp³-hybridized carbons (Fsp3) is 0.300. The Labute approximate surface area is 137 Å². The van der Waals surface area contributed by atoms with Crippen LogP contribution in [0.5, 0.6) is 11.5 Å². The van der Waals surface area contributed by atoms with E-state index in [4.69, 9.17) is 9.47 Å². The van der Waals surface area contributed by atoms with Gasteiger partial charge in [-0.15, -0.1) is 0 Å². The normalized spacial score (nSPS) is 10.9. The molecule has 120 valence electrons. The van der Waals surface area contributed by atoms with Crippen LogP contribution in [0.4, 0.5) is 0 Å². The largest absolute Gasteiger partial charge is 0.497 e. The number of benzene rings is 2. The van der Waals surface area contributed by atoms with Crippen molar-refractivity contribution in [1.82, 2.24) is 4.98 Å². The summed E-state index contributed by atoms with van der Waals surface area (Å²) in [5.74, 6) is 1.82. The number of aromatic amines is 1. The molecule has 0 radical (unpaired) electrons. The first kappa shape index (κ1) is 15.5. The van der Waals surface area contributed by atoms with Gasteiger partial charge in [0.2, 0.25) is 0 Å². The second-order valence-corrected chi connectivity index (χ2v) is 5.81. The molecule has 0 fully saturated rings. The predicted octanol–water partition coefficient (Wildman–Crippen LogP) is 5.33. The maximum Gasteiger partial charge on any atom is 0.120 e. The quantitative estimate of drug-likeness (QED) is 0.624. The van der Waals surface area contributed by atoms with Gasteiger partial charge in [0.05, 0.1) is 13.7 Å². The van der Waals surface area contributed by atoms with Crippen molar-refractivity contribution in [2.45, 2.75) is 26.7 Å². The van der Waals surface area contributed by atoms with Crippen molar-refractivity contribution in [1.29, 1.82) is 0 Å². The topological polar surface area (TPSA) is 34.2 Å². The SMILES string of the molecule is CCCCOc1ccc2[nH]c(-c3ccc(OC)cc3C)cc2c1. The summed E-state index contributed by atoms with van der Waals surface area (Å²) in [5.41, 5.74) is 4.62. The van der Waals surface area contributed by atoms with Crippen LogP contribution in [0.25, 0.3) is 22.2 Å². The number of nitrogens with one attached hydrogen (secondary N) is 1. The Morgan fingerprint density at radius 2 is 1.83 bits per heavy atom. The Morgan fingerprint density at radius 3 is 2.57 bits per heavy atom. The van der Waals surface area contributed by atoms with E-state index in [1.807, 2.05) is 12.1 Å². The standard InChI is InChI=1S/C20H23NO2/c1-4-5-10-23-17-7-9-19-15(12-17)13-20(21-19)18-8-6-16(22-3)11-14(18)2/h6-9,11-13,21H,4-5,10H2,1-3H3. The van der Waals surface area contributed by atoms with Gasteiger partial charge >= 0.3 is 0 Å². The fourth-order valence-corrected chi connectivity index (χ4v) is 2.75. The molecule has 3 nitrogen and oxygen atoms in total. The van der Waals surface area contributed by atoms with Gasteiger partial charge in [-0.05, 0) is 61.4 Å². The summed E-state index contributed by atoms with van der Waals surface area (Å²) >= 11 is 0. The Bertz CT molecular complexity index is 805. The molecule has 1 heterocycles. The van der Waals surface area contributed by atoms with E-state index in [-0.39, 0.29) is 0 Å². The van der Waals surface area contributed by atoms with Gasteiger partial charge in [0, 0.05) is 22.2 Å². The highest BCUT2D eigenvalue weighted by molar-refractivity contribution is 5.87. The number of methoxy groups -OCH3 is 1. The molecule has 0 spiro atoms. The Kier molecular flexibility index (Phi) is 4.56. The third-order valence-corrected chi connectivity index (χ3v) is 4.08. The third-order valence-electron chi connectivity index (χ3n) is 4.08. The van der Waals surface area contributed by atoms with Crippen molar-refractivity contribution in [3.05, 3.63) is 48.0 Å². The minimum atomic E-state index is 0.775. The van der Waals surface area contributed by atoms with E-state index in [1.165, 1.54) is 16.5 Å². The van der Waals surface area contributed by atoms with Gasteiger partial charge in [0.15, 0.2) is 0 Å². The van der Waals surface area contributed by atoms with E-state index >= 15 is 0 Å². The van der Waals surface area contributed by atoms with E-state index < -0.39 is 0 Å². The van der Waals surface area contributed by atoms with Crippen LogP contribution in [-0.4, -0.2) is 18.7 Å². The summed E-state index contributed by atoms with van der Waals surface area (Å²) in [6.45, 7) is 5.04. The molecule has 3 aromatic rings. The molecule has 1 aromatic heterocycles. The zero-order valence-corrected chi connectivity index (χ0v) is 14.0. The fourth-order valence-electron chi connectivity index (χ4n) is 2.75. The highest BCUT2D eigenvalue weighted by atomic mass is 16.5. The van der Waals surface area contributed by atoms with Gasteiger partial charge in [-0.3, -0.25) is 0 Å². The smallest absolute Gasteiger partial charge is 0.120 e. The monoisotopic (exact) mass is 309 g/mol. The third kappa shape index (κ3) is 3.34. The Balaban J connectivity index is 1.90. The zero-order valence-electron chi connectivity index (χ0n) is 14.0. The first-order valence-corrected chi connectivity index (χ1v) is 8.12. The highest BCUT2D eigenvalue weighted by Gasteiger charge is 2.08. The van der Waals surface area contributed by atoms with Gasteiger partial charge in [-0.1, -0.05) is 13.3 Å². The number of aryl methyl sites for hydroxylation is 1. The molecule has 0 aliphatic heterocycles. The number of unbranched alkanes of at least 4 members (excludes halogenated alkanes) is 1. The van der Waals surface area contributed by atoms with Crippen LogP contribution in [-0.2, 0) is 0 Å². The lowest BCUT2D eigenvalue weighted by Crippen LogP contribution is -1.95. The molecule has 0 saturated heterocycles. The lowest BCUT2D eigenvalue weighted by atomic mass is 10.1. The molecule has 3 rings (SSSR count). The number of hydrogen-bond donors (Lipinski definition) is 1. The summed E-state index contributed by atoms with van der Waals surface area (Å²) in [4.78, 5) is 3.49. The first-order chi connectivity index (χ1) is 11.2. The van der Waals surface area contributed by atoms with Crippen molar-refractivity contribution < 1.29 is 9.47 Å². The molecular weight excluding hydrogens is 286 g/mol. The van der Waals surface area contributed by atoms with E-state index in [9.17, 15) is 0 Å². The summed E-state index contributed by atoms with van der Waals surface area (Å²) in [6, 6.07) is 14.5. The molecule has 2 aromatic carbocycles. The van der Waals surface area contributed by atoms with E-state index in [1.54, 1.807) is 7.11 Å². The van der Waals surface area contributed by atoms with Crippen molar-refractivity contribution >= 4 is 10.9 Å². The van der Waals surface area contributed by atoms with Gasteiger partial charge in [-0.25, -0.2) is 0 Å². The molecule has 0 atom stereocenters. The van der Waals surface area contributed by atoms with Crippen molar-refractivity contribution in [3.8, 4) is 22.8 Å². The molecule has 0 aliphatic rings. The van der Waals surface area contributed by atoms with Gasteiger partial charge < -0.3 is 14.5 Å². The van der Waals surface area contributed by atoms with Crippen LogP contribution in [0.1, 0.15) is 25.3 Å². The Morgan fingerprint density at radius 1 is 1.00 bits per heavy atom. The second kappa shape index (κ2) is 6.78. The van der Waals surface area contributed by atoms with E-state index in [2.05, 4.69) is 49.2 Å². The lowest BCUT2D eigenvalue weighted by Gasteiger charge is -2.06. The van der Waals surface area contributed by atoms with Gasteiger partial charge in [-0.2, -0.15) is 0 Å². The lowest BCUT2D eigenvalue weighted by molar-refractivity contribution is 0.310. The zero-order chi connectivity index (χ0) is 16.2. The average Bonchev–Trinajstić information content (AvgIpc) is 2.97. The first-order valence-electron chi connectivity index (χ1n) is 8.12. The summed E-state index contributed by atoms with van der Waals surface area (Å²) in [6.07, 6.45) is 2.23. The number of aromatic nitrogens is 1. The van der Waals surface area contributed by atoms with Crippen LogP contribution in [0.15, 0.2) is 42.5 Å². The van der Waals surface area contributed by atoms with Crippen LogP contribution in [0.3, 0.4) is 0 Å². The molecule has 0 aliphatic carbocycles. The minimum Gasteiger partial charge on any atom is -0.497 e. The molecule has 3 heteroatoms. The van der Waals surface area contributed by atoms with Crippen LogP contribution in [0, 0.1) is 6.92 Å². The van der Waals surface area contributed by atoms with Gasteiger partial charge in [0.25, 0.3) is 0 Å². The molecule has 0 amide bonds. The van der Waals surface area contributed by atoms with Gasteiger partial charge in [0.1, 0.15) is 11.5 Å². The van der Waals surface area contributed by atoms with Crippen LogP contribution in [0.2, 0.25) is 0 Å². The maximum atomic E-state index is 5.79. The number of fused-ring (bicyclic) bond motifs is 1. The van der Waals surface area contributed by atoms with E-state index in [0.717, 1.165) is 42.2 Å². The van der Waals surface area contributed by atoms with E-state index in [0.29, 0.717) is 0 Å². The van der Waals surface area contributed by atoms with Crippen molar-refractivity contribution in [2.75, 3.05) is 13.7 Å². The molecule has 23 heavy (non-hydrogen) atoms.